The molecule has 0 atom stereocenters. The lowest BCUT2D eigenvalue weighted by Gasteiger charge is -2.11. The summed E-state index contributed by atoms with van der Waals surface area (Å²) >= 11 is 0. The number of halogens is 3. The molecule has 10 heteroatoms. The number of pyridine rings is 1. The van der Waals surface area contributed by atoms with E-state index >= 15 is 0 Å². The molecule has 1 heterocycles. The zero-order valence-electron chi connectivity index (χ0n) is 9.02. The van der Waals surface area contributed by atoms with E-state index in [0.29, 0.717) is 0 Å². The molecular formula is C8H8F3N3O4. The van der Waals surface area contributed by atoms with Crippen LogP contribution in [0.1, 0.15) is 5.69 Å². The van der Waals surface area contributed by atoms with Gasteiger partial charge in [-0.15, -0.1) is 13.2 Å². The molecule has 0 unspecified atom stereocenters. The molecule has 0 aromatic carbocycles. The van der Waals surface area contributed by atoms with Crippen molar-refractivity contribution in [3.05, 3.63) is 21.9 Å². The predicted molar refractivity (Wildman–Crippen MR) is 52.0 cm³/mol. The second-order valence-electron chi connectivity index (χ2n) is 2.98. The number of hydrogen-bond acceptors (Lipinski definition) is 6. The summed E-state index contributed by atoms with van der Waals surface area (Å²) in [4.78, 5) is 12.9. The zero-order chi connectivity index (χ0) is 13.9. The van der Waals surface area contributed by atoms with E-state index in [2.05, 4.69) is 14.5 Å². The Morgan fingerprint density at radius 2 is 2.17 bits per heavy atom. The molecule has 1 rings (SSSR count). The van der Waals surface area contributed by atoms with Crippen LogP contribution in [0.5, 0.6) is 11.6 Å². The van der Waals surface area contributed by atoms with E-state index in [0.717, 1.165) is 13.2 Å². The maximum absolute atomic E-state index is 12.1. The Morgan fingerprint density at radius 1 is 1.56 bits per heavy atom. The Bertz CT molecular complexity index is 464. The van der Waals surface area contributed by atoms with Crippen molar-refractivity contribution >= 4 is 5.69 Å². The Hall–Kier alpha value is -2.10. The van der Waals surface area contributed by atoms with Gasteiger partial charge < -0.3 is 15.2 Å². The summed E-state index contributed by atoms with van der Waals surface area (Å²) in [6, 6.07) is 1.07. The highest BCUT2D eigenvalue weighted by molar-refractivity contribution is 5.54. The zero-order valence-corrected chi connectivity index (χ0v) is 9.02. The quantitative estimate of drug-likeness (QED) is 0.652. The third-order valence-corrected chi connectivity index (χ3v) is 1.80. The van der Waals surface area contributed by atoms with Crippen LogP contribution < -0.4 is 15.2 Å². The smallest absolute Gasteiger partial charge is 0.490 e. The van der Waals surface area contributed by atoms with Gasteiger partial charge in [-0.2, -0.15) is 0 Å². The number of hydrogen-bond donors (Lipinski definition) is 1. The molecular weight excluding hydrogens is 259 g/mol. The van der Waals surface area contributed by atoms with Gasteiger partial charge in [-0.1, -0.05) is 0 Å². The van der Waals surface area contributed by atoms with E-state index in [-0.39, 0.29) is 12.2 Å². The van der Waals surface area contributed by atoms with Crippen LogP contribution in [-0.4, -0.2) is 23.4 Å². The van der Waals surface area contributed by atoms with Crippen LogP contribution in [0.25, 0.3) is 0 Å². The molecule has 0 fully saturated rings. The van der Waals surface area contributed by atoms with Crippen molar-refractivity contribution < 1.29 is 27.6 Å². The van der Waals surface area contributed by atoms with Gasteiger partial charge in [0.2, 0.25) is 5.75 Å². The number of alkyl halides is 3. The van der Waals surface area contributed by atoms with Gasteiger partial charge in [-0.25, -0.2) is 4.98 Å². The van der Waals surface area contributed by atoms with Gasteiger partial charge >= 0.3 is 17.9 Å². The Morgan fingerprint density at radius 3 is 2.56 bits per heavy atom. The van der Waals surface area contributed by atoms with Crippen molar-refractivity contribution in [2.24, 2.45) is 5.73 Å². The van der Waals surface area contributed by atoms with Gasteiger partial charge in [0, 0.05) is 12.6 Å². The van der Waals surface area contributed by atoms with Crippen LogP contribution in [0.2, 0.25) is 0 Å². The Kier molecular flexibility index (Phi) is 3.91. The van der Waals surface area contributed by atoms with Gasteiger partial charge in [0.1, 0.15) is 0 Å². The number of aromatic nitrogens is 1. The number of nitrogens with zero attached hydrogens (tertiary/aromatic N) is 2. The lowest BCUT2D eigenvalue weighted by atomic mass is 10.3. The van der Waals surface area contributed by atoms with Crippen LogP contribution in [0.3, 0.4) is 0 Å². The first kappa shape index (κ1) is 14.0. The third-order valence-electron chi connectivity index (χ3n) is 1.80. The van der Waals surface area contributed by atoms with Gasteiger partial charge in [0.25, 0.3) is 0 Å². The molecule has 1 aromatic heterocycles. The lowest BCUT2D eigenvalue weighted by Crippen LogP contribution is -2.19. The van der Waals surface area contributed by atoms with Crippen LogP contribution >= 0.6 is 0 Å². The molecule has 0 bridgehead atoms. The maximum Gasteiger partial charge on any atom is 0.574 e. The first-order chi connectivity index (χ1) is 8.28. The average Bonchev–Trinajstić information content (AvgIpc) is 2.25. The molecule has 0 radical (unpaired) electrons. The van der Waals surface area contributed by atoms with Crippen molar-refractivity contribution in [1.82, 2.24) is 4.98 Å². The van der Waals surface area contributed by atoms with Gasteiger partial charge in [-0.05, 0) is 0 Å². The number of methoxy groups -OCH3 is 1. The van der Waals surface area contributed by atoms with E-state index in [1.165, 1.54) is 0 Å². The maximum atomic E-state index is 12.1. The summed E-state index contributed by atoms with van der Waals surface area (Å²) in [6.07, 6.45) is -5.10. The van der Waals surface area contributed by atoms with Gasteiger partial charge in [0.05, 0.1) is 17.7 Å². The van der Waals surface area contributed by atoms with E-state index in [1.807, 2.05) is 0 Å². The summed E-state index contributed by atoms with van der Waals surface area (Å²) < 4.78 is 44.4. The standard InChI is InChI=1S/C8H8F3N3O4/c1-17-5-2-4(3-12)13-7(6(5)14(15)16)18-8(9,10)11/h2H,3,12H2,1H3. The average molecular weight is 267 g/mol. The first-order valence-corrected chi connectivity index (χ1v) is 4.46. The number of nitro groups is 1. The molecule has 18 heavy (non-hydrogen) atoms. The fourth-order valence-corrected chi connectivity index (χ4v) is 1.15. The lowest BCUT2D eigenvalue weighted by molar-refractivity contribution is -0.390. The summed E-state index contributed by atoms with van der Waals surface area (Å²) in [7, 11) is 1.07. The highest BCUT2D eigenvalue weighted by atomic mass is 19.4. The summed E-state index contributed by atoms with van der Waals surface area (Å²) in [5.74, 6) is -1.61. The van der Waals surface area contributed by atoms with Crippen molar-refractivity contribution in [2.45, 2.75) is 12.9 Å². The molecule has 100 valence electrons. The van der Waals surface area contributed by atoms with Crippen LogP contribution in [0, 0.1) is 10.1 Å². The fraction of sp³-hybridized carbons (Fsp3) is 0.375. The molecule has 0 amide bonds. The van der Waals surface area contributed by atoms with Crippen LogP contribution in [0.4, 0.5) is 18.9 Å². The van der Waals surface area contributed by atoms with Crippen molar-refractivity contribution in [3.8, 4) is 11.6 Å². The molecule has 0 aliphatic heterocycles. The molecule has 2 N–H and O–H groups in total. The molecule has 0 saturated heterocycles. The summed E-state index contributed by atoms with van der Waals surface area (Å²) in [5.41, 5.74) is 4.17. The van der Waals surface area contributed by atoms with E-state index in [4.69, 9.17) is 5.73 Å². The molecule has 0 aliphatic carbocycles. The first-order valence-electron chi connectivity index (χ1n) is 4.46. The Labute approximate surface area is 98.5 Å². The number of nitrogens with two attached hydrogens (primary N) is 1. The minimum absolute atomic E-state index is 0.0308. The molecule has 1 aromatic rings. The Balaban J connectivity index is 3.39. The second-order valence-corrected chi connectivity index (χ2v) is 2.98. The normalized spacial score (nSPS) is 11.2. The van der Waals surface area contributed by atoms with E-state index in [9.17, 15) is 23.3 Å². The summed E-state index contributed by atoms with van der Waals surface area (Å²) in [5, 5.41) is 10.7. The van der Waals surface area contributed by atoms with Crippen LogP contribution in [0.15, 0.2) is 6.07 Å². The largest absolute Gasteiger partial charge is 0.574 e. The van der Waals surface area contributed by atoms with Crippen molar-refractivity contribution in [2.75, 3.05) is 7.11 Å². The van der Waals surface area contributed by atoms with Gasteiger partial charge in [-0.3, -0.25) is 10.1 Å². The highest BCUT2D eigenvalue weighted by Gasteiger charge is 2.37. The number of rotatable bonds is 4. The van der Waals surface area contributed by atoms with Crippen molar-refractivity contribution in [1.29, 1.82) is 0 Å². The van der Waals surface area contributed by atoms with Crippen LogP contribution in [-0.2, 0) is 6.54 Å². The predicted octanol–water partition coefficient (Wildman–Crippen LogP) is 1.36. The molecule has 7 nitrogen and oxygen atoms in total. The molecule has 0 spiro atoms. The molecule has 0 saturated carbocycles. The summed E-state index contributed by atoms with van der Waals surface area (Å²) in [6.45, 7) is -0.220. The minimum Gasteiger partial charge on any atom is -0.490 e. The molecule has 0 aliphatic rings. The highest BCUT2D eigenvalue weighted by Crippen LogP contribution is 2.38. The SMILES string of the molecule is COc1cc(CN)nc(OC(F)(F)F)c1[N+](=O)[O-]. The minimum atomic E-state index is -5.10. The second kappa shape index (κ2) is 5.04. The van der Waals surface area contributed by atoms with Crippen molar-refractivity contribution in [3.63, 3.8) is 0 Å². The van der Waals surface area contributed by atoms with E-state index < -0.39 is 28.6 Å². The topological polar surface area (TPSA) is 101 Å². The monoisotopic (exact) mass is 267 g/mol. The van der Waals surface area contributed by atoms with E-state index in [1.54, 1.807) is 0 Å². The van der Waals surface area contributed by atoms with Gasteiger partial charge in [0.15, 0.2) is 0 Å². The third kappa shape index (κ3) is 3.20. The fourth-order valence-electron chi connectivity index (χ4n) is 1.15. The number of ether oxygens (including phenoxy) is 2.